The Morgan fingerprint density at radius 3 is 2.55 bits per heavy atom. The Bertz CT molecular complexity index is 1220. The van der Waals surface area contributed by atoms with E-state index < -0.39 is 0 Å². The first kappa shape index (κ1) is 21.1. The molecule has 1 atom stereocenters. The van der Waals surface area contributed by atoms with Gasteiger partial charge in [0.2, 0.25) is 5.91 Å². The third-order valence-corrected chi connectivity index (χ3v) is 6.21. The number of carbonyl (C=O) groups is 1. The van der Waals surface area contributed by atoms with E-state index in [9.17, 15) is 4.79 Å². The molecule has 160 valence electrons. The van der Waals surface area contributed by atoms with E-state index in [1.165, 1.54) is 11.8 Å². The van der Waals surface area contributed by atoms with E-state index >= 15 is 0 Å². The molecule has 0 bridgehead atoms. The van der Waals surface area contributed by atoms with Crippen molar-refractivity contribution in [1.82, 2.24) is 24.9 Å². The number of fused-ring (bicyclic) bond motifs is 3. The molecule has 2 heterocycles. The molecule has 8 heteroatoms. The lowest BCUT2D eigenvalue weighted by atomic mass is 10.1. The summed E-state index contributed by atoms with van der Waals surface area (Å²) < 4.78 is 7.24. The summed E-state index contributed by atoms with van der Waals surface area (Å²) >= 11 is 1.41. The highest BCUT2D eigenvalue weighted by Crippen LogP contribution is 2.32. The van der Waals surface area contributed by atoms with Gasteiger partial charge in [-0.1, -0.05) is 30.8 Å². The summed E-state index contributed by atoms with van der Waals surface area (Å²) in [5, 5.41) is 13.2. The molecule has 1 amide bonds. The number of thioether (sulfide) groups is 1. The van der Waals surface area contributed by atoms with Crippen LogP contribution >= 0.6 is 11.8 Å². The van der Waals surface area contributed by atoms with E-state index in [1.54, 1.807) is 7.11 Å². The number of hydrogen-bond donors (Lipinski definition) is 1. The Labute approximate surface area is 185 Å². The van der Waals surface area contributed by atoms with Crippen LogP contribution in [-0.4, -0.2) is 43.9 Å². The number of rotatable bonds is 7. The zero-order valence-electron chi connectivity index (χ0n) is 18.0. The van der Waals surface area contributed by atoms with Crippen molar-refractivity contribution in [2.24, 2.45) is 0 Å². The third-order valence-electron chi connectivity index (χ3n) is 4.91. The summed E-state index contributed by atoms with van der Waals surface area (Å²) in [6.45, 7) is 5.91. The van der Waals surface area contributed by atoms with Gasteiger partial charge >= 0.3 is 0 Å². The molecule has 7 nitrogen and oxygen atoms in total. The van der Waals surface area contributed by atoms with E-state index in [0.29, 0.717) is 11.6 Å². The zero-order chi connectivity index (χ0) is 22.0. The molecule has 0 aliphatic heterocycles. The van der Waals surface area contributed by atoms with Crippen LogP contribution in [0.25, 0.3) is 27.9 Å². The first-order valence-electron chi connectivity index (χ1n) is 10.3. The second kappa shape index (κ2) is 8.93. The number of hydrogen-bond acceptors (Lipinski definition) is 6. The molecule has 0 saturated heterocycles. The summed E-state index contributed by atoms with van der Waals surface area (Å²) in [7, 11) is 1.64. The molecular weight excluding hydrogens is 410 g/mol. The van der Waals surface area contributed by atoms with Gasteiger partial charge in [-0.15, -0.1) is 10.2 Å². The molecule has 4 rings (SSSR count). The van der Waals surface area contributed by atoms with Gasteiger partial charge in [-0.2, -0.15) is 0 Å². The molecule has 4 aromatic rings. The van der Waals surface area contributed by atoms with Gasteiger partial charge in [0, 0.05) is 17.0 Å². The van der Waals surface area contributed by atoms with Crippen LogP contribution in [-0.2, 0) is 4.79 Å². The van der Waals surface area contributed by atoms with E-state index in [4.69, 9.17) is 9.72 Å². The Morgan fingerprint density at radius 1 is 1.13 bits per heavy atom. The maximum atomic E-state index is 12.7. The first-order valence-corrected chi connectivity index (χ1v) is 11.1. The maximum absolute atomic E-state index is 12.7. The van der Waals surface area contributed by atoms with Gasteiger partial charge in [-0.05, 0) is 56.7 Å². The van der Waals surface area contributed by atoms with Gasteiger partial charge < -0.3 is 10.1 Å². The number of ether oxygens (including phenoxy) is 1. The lowest BCUT2D eigenvalue weighted by Crippen LogP contribution is -2.37. The highest BCUT2D eigenvalue weighted by molar-refractivity contribution is 8.00. The van der Waals surface area contributed by atoms with Crippen LogP contribution in [0.3, 0.4) is 0 Å². The zero-order valence-corrected chi connectivity index (χ0v) is 18.8. The van der Waals surface area contributed by atoms with Crippen LogP contribution in [0, 0.1) is 0 Å². The smallest absolute Gasteiger partial charge is 0.233 e. The van der Waals surface area contributed by atoms with Crippen molar-refractivity contribution in [3.63, 3.8) is 0 Å². The van der Waals surface area contributed by atoms with Crippen LogP contribution in [0.5, 0.6) is 5.75 Å². The molecule has 0 saturated carbocycles. The minimum Gasteiger partial charge on any atom is -0.497 e. The molecule has 1 N–H and O–H groups in total. The van der Waals surface area contributed by atoms with Crippen molar-refractivity contribution >= 4 is 34.2 Å². The number of nitrogens with one attached hydrogen (secondary N) is 1. The Hall–Kier alpha value is -3.13. The molecule has 2 aromatic heterocycles. The number of amides is 1. The monoisotopic (exact) mass is 435 g/mol. The molecule has 0 aliphatic rings. The largest absolute Gasteiger partial charge is 0.497 e. The van der Waals surface area contributed by atoms with Gasteiger partial charge in [0.25, 0.3) is 0 Å². The summed E-state index contributed by atoms with van der Waals surface area (Å²) in [4.78, 5) is 17.6. The molecule has 0 radical (unpaired) electrons. The van der Waals surface area contributed by atoms with Crippen molar-refractivity contribution in [2.75, 3.05) is 7.11 Å². The maximum Gasteiger partial charge on any atom is 0.233 e. The fourth-order valence-electron chi connectivity index (χ4n) is 3.40. The first-order chi connectivity index (χ1) is 15.0. The second-order valence-electron chi connectivity index (χ2n) is 7.50. The molecule has 0 unspecified atom stereocenters. The molecule has 2 aromatic carbocycles. The predicted octanol–water partition coefficient (Wildman–Crippen LogP) is 4.35. The van der Waals surface area contributed by atoms with Crippen molar-refractivity contribution in [1.29, 1.82) is 0 Å². The van der Waals surface area contributed by atoms with E-state index in [-0.39, 0.29) is 17.2 Å². The Balaban J connectivity index is 1.86. The minimum atomic E-state index is -0.273. The van der Waals surface area contributed by atoms with Crippen LogP contribution in [0.4, 0.5) is 0 Å². The van der Waals surface area contributed by atoms with Gasteiger partial charge in [-0.3, -0.25) is 9.20 Å². The molecule has 0 spiro atoms. The minimum absolute atomic E-state index is 0.000930. The van der Waals surface area contributed by atoms with Gasteiger partial charge in [0.1, 0.15) is 11.6 Å². The second-order valence-corrected chi connectivity index (χ2v) is 8.67. The number of nitrogens with zero attached hydrogens (tertiary/aromatic N) is 4. The summed E-state index contributed by atoms with van der Waals surface area (Å²) in [5.74, 6) is 1.50. The number of aromatic nitrogens is 4. The summed E-state index contributed by atoms with van der Waals surface area (Å²) in [6, 6.07) is 15.7. The molecular formula is C23H25N5O2S. The standard InChI is InChI=1S/C23H25N5O2S/c1-5-19(22(29)24-14(2)3)31-23-27-26-21-17-8-6-7-9-18(17)25-20(28(21)23)15-10-12-16(30-4)13-11-15/h6-14,19H,5H2,1-4H3,(H,24,29)/t19-/m1/s1. The van der Waals surface area contributed by atoms with Crippen molar-refractivity contribution < 1.29 is 9.53 Å². The van der Waals surface area contributed by atoms with E-state index in [2.05, 4.69) is 15.5 Å². The number of carbonyl (C=O) groups excluding carboxylic acids is 1. The fourth-order valence-corrected chi connectivity index (χ4v) is 4.36. The summed E-state index contributed by atoms with van der Waals surface area (Å²) in [6.07, 6.45) is 0.678. The lowest BCUT2D eigenvalue weighted by Gasteiger charge is -2.16. The van der Waals surface area contributed by atoms with Crippen LogP contribution in [0.15, 0.2) is 53.7 Å². The summed E-state index contributed by atoms with van der Waals surface area (Å²) in [5.41, 5.74) is 2.48. The topological polar surface area (TPSA) is 81.4 Å². The highest BCUT2D eigenvalue weighted by atomic mass is 32.2. The average molecular weight is 436 g/mol. The van der Waals surface area contributed by atoms with E-state index in [0.717, 1.165) is 33.7 Å². The van der Waals surface area contributed by atoms with Crippen molar-refractivity contribution in [3.05, 3.63) is 48.5 Å². The molecule has 0 aliphatic carbocycles. The quantitative estimate of drug-likeness (QED) is 0.435. The molecule has 0 fully saturated rings. The van der Waals surface area contributed by atoms with Crippen LogP contribution < -0.4 is 10.1 Å². The Morgan fingerprint density at radius 2 is 1.87 bits per heavy atom. The number of benzene rings is 2. The normalized spacial score (nSPS) is 12.4. The van der Waals surface area contributed by atoms with Crippen molar-refractivity contribution in [3.8, 4) is 17.1 Å². The van der Waals surface area contributed by atoms with Crippen molar-refractivity contribution in [2.45, 2.75) is 43.6 Å². The van der Waals surface area contributed by atoms with Crippen LogP contribution in [0.1, 0.15) is 27.2 Å². The highest BCUT2D eigenvalue weighted by Gasteiger charge is 2.24. The number of para-hydroxylation sites is 1. The predicted molar refractivity (Wildman–Crippen MR) is 123 cm³/mol. The number of methoxy groups -OCH3 is 1. The van der Waals surface area contributed by atoms with E-state index in [1.807, 2.05) is 73.7 Å². The fraction of sp³-hybridized carbons (Fsp3) is 0.304. The third kappa shape index (κ3) is 4.20. The Kier molecular flexibility index (Phi) is 6.08. The van der Waals surface area contributed by atoms with Gasteiger partial charge in [-0.25, -0.2) is 4.98 Å². The average Bonchev–Trinajstić information content (AvgIpc) is 3.20. The van der Waals surface area contributed by atoms with Crippen LogP contribution in [0.2, 0.25) is 0 Å². The van der Waals surface area contributed by atoms with Gasteiger partial charge in [0.05, 0.1) is 17.9 Å². The molecule has 31 heavy (non-hydrogen) atoms. The SMILES string of the molecule is CC[C@@H](Sc1nnc2c3ccccc3nc(-c3ccc(OC)cc3)n12)C(=O)NC(C)C. The van der Waals surface area contributed by atoms with Gasteiger partial charge in [0.15, 0.2) is 10.8 Å². The lowest BCUT2D eigenvalue weighted by molar-refractivity contribution is -0.121.